The molecule has 0 spiro atoms. The molecule has 0 saturated carbocycles. The summed E-state index contributed by atoms with van der Waals surface area (Å²) in [4.78, 5) is 0. The Morgan fingerprint density at radius 1 is 0.237 bits per heavy atom. The molecule has 0 aliphatic carbocycles. The fourth-order valence-corrected chi connectivity index (χ4v) is 7.85. The molecule has 9 rings (SSSR count). The maximum atomic E-state index is 11.6. The van der Waals surface area contributed by atoms with Crippen molar-refractivity contribution < 1.29 is 75.9 Å². The number of hydrogen-bond acceptors (Lipinski definition) is 15. The van der Waals surface area contributed by atoms with Crippen molar-refractivity contribution in [2.75, 3.05) is 0 Å². The molecule has 9 aromatic rings. The molecule has 8 aromatic carbocycles. The van der Waals surface area contributed by atoms with Crippen molar-refractivity contribution in [2.24, 2.45) is 0 Å². The summed E-state index contributed by atoms with van der Waals surface area (Å²) in [6.45, 7) is 0. The smallest absolute Gasteiger partial charge is 0.208 e. The minimum absolute atomic E-state index is 0.145. The van der Waals surface area contributed by atoms with E-state index in [4.69, 9.17) is 4.42 Å². The first-order chi connectivity index (χ1) is 28.1. The van der Waals surface area contributed by atoms with Crippen LogP contribution < -0.4 is 0 Å². The predicted molar refractivity (Wildman–Crippen MR) is 214 cm³/mol. The second kappa shape index (κ2) is 12.4. The lowest BCUT2D eigenvalue weighted by Crippen LogP contribution is -1.94. The molecule has 59 heavy (non-hydrogen) atoms. The second-order valence-electron chi connectivity index (χ2n) is 13.7. The van der Waals surface area contributed by atoms with Gasteiger partial charge in [-0.15, -0.1) is 0 Å². The second-order valence-corrected chi connectivity index (χ2v) is 13.7. The third-order valence-corrected chi connectivity index (χ3v) is 10.6. The van der Waals surface area contributed by atoms with Crippen LogP contribution in [0.3, 0.4) is 0 Å². The van der Waals surface area contributed by atoms with Gasteiger partial charge < -0.3 is 75.9 Å². The Hall–Kier alpha value is -8.72. The molecule has 15 nitrogen and oxygen atoms in total. The van der Waals surface area contributed by atoms with Crippen LogP contribution in [-0.2, 0) is 0 Å². The Labute approximate surface area is 328 Å². The molecular formula is C44H28O15. The largest absolute Gasteiger partial charge is 0.504 e. The van der Waals surface area contributed by atoms with E-state index in [1.807, 2.05) is 6.07 Å². The molecule has 0 fully saturated rings. The van der Waals surface area contributed by atoms with Gasteiger partial charge in [-0.05, 0) is 62.5 Å². The summed E-state index contributed by atoms with van der Waals surface area (Å²) in [7, 11) is 0. The van der Waals surface area contributed by atoms with Gasteiger partial charge in [0.15, 0.2) is 46.0 Å². The summed E-state index contributed by atoms with van der Waals surface area (Å²) in [5.41, 5.74) is -0.308. The molecule has 0 radical (unpaired) electrons. The van der Waals surface area contributed by atoms with E-state index in [1.165, 1.54) is 6.07 Å². The van der Waals surface area contributed by atoms with Crippen molar-refractivity contribution in [3.8, 4) is 125 Å². The Morgan fingerprint density at radius 2 is 0.576 bits per heavy atom. The SMILES string of the molecule is Oc1c(O)c(O)c(-c2ccc3oc4cc(-c5c6ccccc6c(-c6c(O)c(O)c(-c7c(O)c(O)c(O)c(O)c7O)c(O)c6O)c6ccccc56)ccc4c3c2)c(O)c1O. The van der Waals surface area contributed by atoms with Gasteiger partial charge in [-0.1, -0.05) is 60.7 Å². The molecule has 0 atom stereocenters. The first kappa shape index (κ1) is 35.9. The minimum atomic E-state index is -1.33. The van der Waals surface area contributed by atoms with E-state index < -0.39 is 97.2 Å². The maximum absolute atomic E-state index is 11.6. The van der Waals surface area contributed by atoms with Gasteiger partial charge in [0.1, 0.15) is 11.2 Å². The molecule has 294 valence electrons. The van der Waals surface area contributed by atoms with Gasteiger partial charge in [0.2, 0.25) is 34.5 Å². The van der Waals surface area contributed by atoms with E-state index in [2.05, 4.69) is 0 Å². The van der Waals surface area contributed by atoms with Crippen LogP contribution in [0.15, 0.2) is 89.3 Å². The number of hydrogen-bond donors (Lipinski definition) is 14. The van der Waals surface area contributed by atoms with E-state index in [1.54, 1.807) is 72.8 Å². The number of rotatable bonds is 4. The van der Waals surface area contributed by atoms with Crippen LogP contribution in [-0.4, -0.2) is 71.5 Å². The highest BCUT2D eigenvalue weighted by Gasteiger charge is 2.34. The van der Waals surface area contributed by atoms with Crippen LogP contribution in [0.4, 0.5) is 0 Å². The maximum Gasteiger partial charge on any atom is 0.208 e. The van der Waals surface area contributed by atoms with Crippen LogP contribution in [0.1, 0.15) is 0 Å². The van der Waals surface area contributed by atoms with Crippen LogP contribution in [0, 0.1) is 0 Å². The topological polar surface area (TPSA) is 296 Å². The van der Waals surface area contributed by atoms with Crippen molar-refractivity contribution in [3.63, 3.8) is 0 Å². The fourth-order valence-electron chi connectivity index (χ4n) is 7.85. The zero-order chi connectivity index (χ0) is 41.9. The third kappa shape index (κ3) is 4.81. The zero-order valence-corrected chi connectivity index (χ0v) is 29.8. The number of fused-ring (bicyclic) bond motifs is 5. The van der Waals surface area contributed by atoms with Gasteiger partial charge in [0.05, 0.1) is 22.3 Å². The summed E-state index contributed by atoms with van der Waals surface area (Å²) in [5.74, 6) is -15.8. The van der Waals surface area contributed by atoms with Gasteiger partial charge in [-0.25, -0.2) is 0 Å². The molecule has 1 heterocycles. The summed E-state index contributed by atoms with van der Waals surface area (Å²) < 4.78 is 6.23. The van der Waals surface area contributed by atoms with E-state index in [0.29, 0.717) is 54.6 Å². The number of benzene rings is 8. The predicted octanol–water partition coefficient (Wildman–Crippen LogP) is 8.44. The van der Waals surface area contributed by atoms with Gasteiger partial charge >= 0.3 is 0 Å². The standard InChI is InChI=1S/C44H28O15/c45-31-26(32(46)40(54)43(57)39(31)53)15-10-12-23-22(13-15)17-11-9-16(14-24(17)59-23)25-18-5-1-3-7-20(18)27(21-8-4-2-6-19(21)25)28-33(47)35(49)29(36(50)34(28)48)30-37(51)41(55)44(58)42(56)38(30)52/h1-14,45-58H. The molecule has 0 amide bonds. The average molecular weight is 797 g/mol. The number of phenols is 14. The zero-order valence-electron chi connectivity index (χ0n) is 29.8. The minimum Gasteiger partial charge on any atom is -0.504 e. The highest BCUT2D eigenvalue weighted by molar-refractivity contribution is 6.23. The Morgan fingerprint density at radius 3 is 1.03 bits per heavy atom. The lowest BCUT2D eigenvalue weighted by atomic mass is 9.84. The van der Waals surface area contributed by atoms with Crippen LogP contribution >= 0.6 is 0 Å². The first-order valence-electron chi connectivity index (χ1n) is 17.4. The highest BCUT2D eigenvalue weighted by atomic mass is 16.4. The molecule has 0 unspecified atom stereocenters. The van der Waals surface area contributed by atoms with Crippen molar-refractivity contribution >= 4 is 43.5 Å². The molecule has 0 aliphatic heterocycles. The quantitative estimate of drug-likeness (QED) is 0.0451. The monoisotopic (exact) mass is 796 g/mol. The van der Waals surface area contributed by atoms with Gasteiger partial charge in [0.25, 0.3) is 0 Å². The highest BCUT2D eigenvalue weighted by Crippen LogP contribution is 2.63. The fraction of sp³-hybridized carbons (Fsp3) is 0. The van der Waals surface area contributed by atoms with Crippen molar-refractivity contribution in [1.29, 1.82) is 0 Å². The van der Waals surface area contributed by atoms with E-state index in [9.17, 15) is 71.5 Å². The lowest BCUT2D eigenvalue weighted by Gasteiger charge is -2.21. The third-order valence-electron chi connectivity index (χ3n) is 10.6. The molecule has 0 bridgehead atoms. The van der Waals surface area contributed by atoms with Gasteiger partial charge in [-0.3, -0.25) is 0 Å². The summed E-state index contributed by atoms with van der Waals surface area (Å²) >= 11 is 0. The summed E-state index contributed by atoms with van der Waals surface area (Å²) in [5, 5.41) is 152. The number of furan rings is 1. The van der Waals surface area contributed by atoms with Crippen LogP contribution in [0.25, 0.3) is 88.0 Å². The Bertz CT molecular complexity index is 3180. The van der Waals surface area contributed by atoms with E-state index in [-0.39, 0.29) is 16.7 Å². The average Bonchev–Trinajstić information content (AvgIpc) is 3.61. The normalized spacial score (nSPS) is 11.7. The number of phenolic OH excluding ortho intramolecular Hbond substituents is 14. The van der Waals surface area contributed by atoms with Crippen LogP contribution in [0.2, 0.25) is 0 Å². The molecule has 14 N–H and O–H groups in total. The van der Waals surface area contributed by atoms with Gasteiger partial charge in [-0.2, -0.15) is 0 Å². The van der Waals surface area contributed by atoms with Crippen LogP contribution in [0.5, 0.6) is 80.5 Å². The van der Waals surface area contributed by atoms with Crippen molar-refractivity contribution in [2.45, 2.75) is 0 Å². The van der Waals surface area contributed by atoms with E-state index >= 15 is 0 Å². The molecule has 0 saturated heterocycles. The Balaban J connectivity index is 1.27. The summed E-state index contributed by atoms with van der Waals surface area (Å²) in [6.07, 6.45) is 0. The lowest BCUT2D eigenvalue weighted by molar-refractivity contribution is 0.329. The molecule has 15 heteroatoms. The molecule has 1 aromatic heterocycles. The van der Waals surface area contributed by atoms with Crippen molar-refractivity contribution in [1.82, 2.24) is 0 Å². The Kier molecular flexibility index (Phi) is 7.55. The number of aromatic hydroxyl groups is 14. The first-order valence-corrected chi connectivity index (χ1v) is 17.4. The summed E-state index contributed by atoms with van der Waals surface area (Å²) in [6, 6.07) is 23.8. The molecule has 0 aliphatic rings. The molecular weight excluding hydrogens is 768 g/mol. The van der Waals surface area contributed by atoms with E-state index in [0.717, 1.165) is 0 Å². The van der Waals surface area contributed by atoms with Gasteiger partial charge in [0, 0.05) is 16.3 Å². The van der Waals surface area contributed by atoms with Crippen molar-refractivity contribution in [3.05, 3.63) is 84.9 Å².